The molecule has 52 valence electrons. The summed E-state index contributed by atoms with van der Waals surface area (Å²) in [5.74, 6) is 1.71. The van der Waals surface area contributed by atoms with Crippen molar-refractivity contribution in [1.29, 1.82) is 0 Å². The molecule has 1 rings (SSSR count). The van der Waals surface area contributed by atoms with Gasteiger partial charge in [-0.1, -0.05) is 13.8 Å². The Kier molecular flexibility index (Phi) is 1.35. The summed E-state index contributed by atoms with van der Waals surface area (Å²) in [5.41, 5.74) is 0. The van der Waals surface area contributed by atoms with Crippen molar-refractivity contribution in [2.24, 2.45) is 14.1 Å². The van der Waals surface area contributed by atoms with Crippen LogP contribution in [0.25, 0.3) is 0 Å². The van der Waals surface area contributed by atoms with E-state index in [1.54, 1.807) is 0 Å². The Bertz CT molecular complexity index is 195. The van der Waals surface area contributed by atoms with Gasteiger partial charge in [0, 0.05) is 20.0 Å². The monoisotopic (exact) mass is 127 g/mol. The summed E-state index contributed by atoms with van der Waals surface area (Å²) in [5, 5.41) is 4.18. The number of rotatable bonds is 1. The van der Waals surface area contributed by atoms with Crippen LogP contribution in [-0.4, -0.2) is 14.6 Å². The van der Waals surface area contributed by atoms with Gasteiger partial charge in [0.25, 0.3) is 0 Å². The van der Waals surface area contributed by atoms with Gasteiger partial charge in [-0.15, -0.1) is 5.10 Å². The number of aryl methyl sites for hydroxylation is 1. The first-order valence-electron chi connectivity index (χ1n) is 3.19. The van der Waals surface area contributed by atoms with Gasteiger partial charge < -0.3 is 0 Å². The molecule has 0 aromatic carbocycles. The highest BCUT2D eigenvalue weighted by Crippen LogP contribution is 2.09. The van der Waals surface area contributed by atoms with E-state index in [9.17, 15) is 0 Å². The van der Waals surface area contributed by atoms with E-state index in [-0.39, 0.29) is 0 Å². The largest absolute Gasteiger partial charge is 0.257 e. The van der Waals surface area contributed by atoms with E-state index in [0.29, 0.717) is 5.92 Å². The Morgan fingerprint density at radius 3 is 2.00 bits per heavy atom. The molecule has 0 aliphatic heterocycles. The van der Waals surface area contributed by atoms with Gasteiger partial charge in [0.2, 0.25) is 0 Å². The van der Waals surface area contributed by atoms with Crippen molar-refractivity contribution in [3.63, 3.8) is 0 Å². The second-order valence-electron chi connectivity index (χ2n) is 2.63. The van der Waals surface area contributed by atoms with E-state index >= 15 is 0 Å². The lowest BCUT2D eigenvalue weighted by Crippen LogP contribution is -2.26. The molecule has 1 heterocycles. The van der Waals surface area contributed by atoms with E-state index in [4.69, 9.17) is 0 Å². The fourth-order valence-electron chi connectivity index (χ4n) is 0.880. The molecule has 0 spiro atoms. The highest BCUT2D eigenvalue weighted by molar-refractivity contribution is 4.90. The van der Waals surface area contributed by atoms with Gasteiger partial charge in [-0.05, 0) is 0 Å². The third-order valence-corrected chi connectivity index (χ3v) is 1.53. The van der Waals surface area contributed by atoms with Gasteiger partial charge in [0.15, 0.2) is 0 Å². The topological polar surface area (TPSA) is 22.8 Å². The van der Waals surface area contributed by atoms with Crippen molar-refractivity contribution < 1.29 is 0 Å². The molecule has 1 aromatic rings. The molecule has 3 nitrogen and oxygen atoms in total. The zero-order valence-corrected chi connectivity index (χ0v) is 6.42. The molecular formula is C6H13N3. The Morgan fingerprint density at radius 2 is 1.89 bits per heavy atom. The summed E-state index contributed by atoms with van der Waals surface area (Å²) in [6, 6.07) is 0. The maximum absolute atomic E-state index is 4.18. The van der Waals surface area contributed by atoms with Crippen molar-refractivity contribution in [2.45, 2.75) is 19.8 Å². The predicted molar refractivity (Wildman–Crippen MR) is 36.3 cm³/mol. The lowest BCUT2D eigenvalue weighted by Gasteiger charge is -2.19. The summed E-state index contributed by atoms with van der Waals surface area (Å²) >= 11 is 0. The standard InChI is InChI=1S/C6H13N3/c1-5(2)6-7-9(4)8(6)3/h5H,1-4H3. The van der Waals surface area contributed by atoms with Crippen molar-refractivity contribution in [3.8, 4) is 0 Å². The van der Waals surface area contributed by atoms with E-state index in [1.807, 2.05) is 23.6 Å². The van der Waals surface area contributed by atoms with Crippen molar-refractivity contribution in [3.05, 3.63) is 5.82 Å². The van der Waals surface area contributed by atoms with E-state index < -0.39 is 0 Å². The molecule has 0 unspecified atom stereocenters. The molecule has 0 N–H and O–H groups in total. The van der Waals surface area contributed by atoms with Crippen LogP contribution in [0.3, 0.4) is 0 Å². The first-order valence-corrected chi connectivity index (χ1v) is 3.19. The van der Waals surface area contributed by atoms with Crippen molar-refractivity contribution in [2.75, 3.05) is 0 Å². The molecule has 0 aliphatic rings. The summed E-state index contributed by atoms with van der Waals surface area (Å²) in [7, 11) is 3.95. The lowest BCUT2D eigenvalue weighted by molar-refractivity contribution is 0.367. The first-order chi connectivity index (χ1) is 4.13. The zero-order valence-electron chi connectivity index (χ0n) is 6.42. The molecule has 0 atom stereocenters. The summed E-state index contributed by atoms with van der Waals surface area (Å²) in [4.78, 5) is 1.83. The average Bonchev–Trinajstić information content (AvgIpc) is 1.81. The first kappa shape index (κ1) is 6.39. The maximum Gasteiger partial charge on any atom is 0.149 e. The van der Waals surface area contributed by atoms with E-state index in [2.05, 4.69) is 18.9 Å². The molecule has 0 fully saturated rings. The number of hydrogen-bond acceptors (Lipinski definition) is 1. The van der Waals surface area contributed by atoms with E-state index in [1.165, 1.54) is 0 Å². The molecule has 0 amide bonds. The molecule has 1 aromatic heterocycles. The third-order valence-electron chi connectivity index (χ3n) is 1.53. The van der Waals surface area contributed by atoms with Crippen LogP contribution in [-0.2, 0) is 14.1 Å². The molecule has 0 aliphatic carbocycles. The SMILES string of the molecule is CC(C)c1nn(C)n1C. The van der Waals surface area contributed by atoms with E-state index in [0.717, 1.165) is 5.82 Å². The molecule has 0 radical (unpaired) electrons. The lowest BCUT2D eigenvalue weighted by atomic mass is 10.2. The fourth-order valence-corrected chi connectivity index (χ4v) is 0.880. The summed E-state index contributed by atoms with van der Waals surface area (Å²) in [6.07, 6.45) is 0. The van der Waals surface area contributed by atoms with Crippen LogP contribution in [0.1, 0.15) is 25.6 Å². The van der Waals surface area contributed by atoms with Crippen LogP contribution in [0.2, 0.25) is 0 Å². The molecule has 0 saturated heterocycles. The molecule has 3 heteroatoms. The number of hydrogen-bond donors (Lipinski definition) is 0. The van der Waals surface area contributed by atoms with Gasteiger partial charge in [-0.2, -0.15) is 0 Å². The van der Waals surface area contributed by atoms with Crippen LogP contribution in [0.4, 0.5) is 0 Å². The highest BCUT2D eigenvalue weighted by atomic mass is 15.6. The van der Waals surface area contributed by atoms with Gasteiger partial charge in [-0.25, -0.2) is 4.80 Å². The zero-order chi connectivity index (χ0) is 7.02. The smallest absolute Gasteiger partial charge is 0.149 e. The van der Waals surface area contributed by atoms with Gasteiger partial charge >= 0.3 is 0 Å². The average molecular weight is 127 g/mol. The van der Waals surface area contributed by atoms with Gasteiger partial charge in [-0.3, -0.25) is 4.68 Å². The molecule has 0 saturated carbocycles. The Labute approximate surface area is 55.3 Å². The number of aromatic nitrogens is 3. The third kappa shape index (κ3) is 0.866. The number of nitrogens with zero attached hydrogens (tertiary/aromatic N) is 3. The Balaban J connectivity index is 2.79. The van der Waals surface area contributed by atoms with Crippen LogP contribution in [0.5, 0.6) is 0 Å². The minimum Gasteiger partial charge on any atom is -0.257 e. The van der Waals surface area contributed by atoms with Crippen LogP contribution < -0.4 is 0 Å². The highest BCUT2D eigenvalue weighted by Gasteiger charge is 2.08. The minimum atomic E-state index is 0.547. The summed E-state index contributed by atoms with van der Waals surface area (Å²) in [6.45, 7) is 4.28. The second kappa shape index (κ2) is 1.90. The summed E-state index contributed by atoms with van der Waals surface area (Å²) < 4.78 is 2.05. The normalized spacial score (nSPS) is 11.2. The van der Waals surface area contributed by atoms with Crippen molar-refractivity contribution in [1.82, 2.24) is 14.6 Å². The fraction of sp³-hybridized carbons (Fsp3) is 0.833. The quantitative estimate of drug-likeness (QED) is 0.549. The minimum absolute atomic E-state index is 0.547. The molecular weight excluding hydrogens is 114 g/mol. The van der Waals surface area contributed by atoms with Crippen molar-refractivity contribution >= 4 is 0 Å². The Morgan fingerprint density at radius 1 is 1.33 bits per heavy atom. The molecule has 0 bridgehead atoms. The van der Waals surface area contributed by atoms with Crippen LogP contribution in [0, 0.1) is 0 Å². The molecule has 9 heavy (non-hydrogen) atoms. The van der Waals surface area contributed by atoms with Gasteiger partial charge in [0.05, 0.1) is 0 Å². The van der Waals surface area contributed by atoms with Crippen LogP contribution >= 0.6 is 0 Å². The van der Waals surface area contributed by atoms with Gasteiger partial charge in [0.1, 0.15) is 5.82 Å². The Hall–Kier alpha value is -0.730. The maximum atomic E-state index is 4.18. The predicted octanol–water partition coefficient (Wildman–Crippen LogP) is 0.882. The second-order valence-corrected chi connectivity index (χ2v) is 2.63. The van der Waals surface area contributed by atoms with Crippen LogP contribution in [0.15, 0.2) is 0 Å².